The first kappa shape index (κ1) is 18.6. The lowest BCUT2D eigenvalue weighted by Gasteiger charge is -2.27. The van der Waals surface area contributed by atoms with Crippen molar-refractivity contribution in [2.45, 2.75) is 31.9 Å². The van der Waals surface area contributed by atoms with Crippen LogP contribution >= 0.6 is 11.6 Å². The van der Waals surface area contributed by atoms with Gasteiger partial charge in [0.05, 0.1) is 6.42 Å². The molecule has 0 amide bonds. The van der Waals surface area contributed by atoms with Crippen molar-refractivity contribution in [3.8, 4) is 0 Å². The summed E-state index contributed by atoms with van der Waals surface area (Å²) in [5, 5.41) is 6.35. The maximum atomic E-state index is 12.1. The molecule has 0 spiro atoms. The lowest BCUT2D eigenvalue weighted by Crippen LogP contribution is -2.44. The predicted molar refractivity (Wildman–Crippen MR) is 84.5 cm³/mol. The van der Waals surface area contributed by atoms with Gasteiger partial charge in [0.1, 0.15) is 0 Å². The fourth-order valence-corrected chi connectivity index (χ4v) is 2.05. The molecular weight excluding hydrogens is 315 g/mol. The van der Waals surface area contributed by atoms with Crippen LogP contribution in [0.4, 0.5) is 13.2 Å². The summed E-state index contributed by atoms with van der Waals surface area (Å²) in [5.74, 6) is 0.347. The highest BCUT2D eigenvalue weighted by molar-refractivity contribution is 6.30. The number of alkyl halides is 3. The largest absolute Gasteiger partial charge is 0.390 e. The Bertz CT molecular complexity index is 513. The number of benzene rings is 1. The van der Waals surface area contributed by atoms with Gasteiger partial charge in [-0.1, -0.05) is 37.6 Å². The normalized spacial score (nSPS) is 13.1. The van der Waals surface area contributed by atoms with E-state index >= 15 is 0 Å². The number of hydrogen-bond donors (Lipinski definition) is 2. The van der Waals surface area contributed by atoms with Crippen molar-refractivity contribution in [3.05, 3.63) is 34.9 Å². The first-order valence-electron chi connectivity index (χ1n) is 6.91. The first-order valence-corrected chi connectivity index (χ1v) is 7.29. The Kier molecular flexibility index (Phi) is 6.53. The summed E-state index contributed by atoms with van der Waals surface area (Å²) in [6.45, 7) is 4.35. The van der Waals surface area contributed by atoms with E-state index in [-0.39, 0.29) is 12.0 Å². The van der Waals surface area contributed by atoms with E-state index in [2.05, 4.69) is 15.6 Å². The number of aliphatic imine (C=N–C) groups is 1. The van der Waals surface area contributed by atoms with Crippen LogP contribution in [0.25, 0.3) is 0 Å². The van der Waals surface area contributed by atoms with Crippen LogP contribution in [0.1, 0.15) is 25.8 Å². The number of hydrogen-bond acceptors (Lipinski definition) is 1. The highest BCUT2D eigenvalue weighted by Crippen LogP contribution is 2.24. The number of nitrogens with one attached hydrogen (secondary N) is 2. The minimum Gasteiger partial charge on any atom is -0.356 e. The van der Waals surface area contributed by atoms with E-state index in [4.69, 9.17) is 11.6 Å². The lowest BCUT2D eigenvalue weighted by molar-refractivity contribution is -0.132. The maximum absolute atomic E-state index is 12.1. The van der Waals surface area contributed by atoms with Crippen LogP contribution in [-0.4, -0.2) is 32.3 Å². The molecule has 22 heavy (non-hydrogen) atoms. The van der Waals surface area contributed by atoms with Gasteiger partial charge in [-0.25, -0.2) is 0 Å². The molecule has 0 bridgehead atoms. The summed E-state index contributed by atoms with van der Waals surface area (Å²) in [5.41, 5.74) is 0.797. The molecule has 3 nitrogen and oxygen atoms in total. The van der Waals surface area contributed by atoms with Crippen molar-refractivity contribution in [3.63, 3.8) is 0 Å². The van der Waals surface area contributed by atoms with E-state index in [9.17, 15) is 13.2 Å². The monoisotopic (exact) mass is 335 g/mol. The molecule has 0 aliphatic carbocycles. The van der Waals surface area contributed by atoms with Gasteiger partial charge in [-0.3, -0.25) is 4.99 Å². The minimum atomic E-state index is -4.17. The maximum Gasteiger partial charge on any atom is 0.390 e. The SMILES string of the molecule is CN=C(NCCC(F)(F)F)NCC(C)(C)c1cccc(Cl)c1. The van der Waals surface area contributed by atoms with E-state index in [0.717, 1.165) is 5.56 Å². The van der Waals surface area contributed by atoms with Gasteiger partial charge in [0, 0.05) is 30.6 Å². The Hall–Kier alpha value is -1.43. The summed E-state index contributed by atoms with van der Waals surface area (Å²) in [6, 6.07) is 7.51. The summed E-state index contributed by atoms with van der Waals surface area (Å²) in [7, 11) is 1.52. The van der Waals surface area contributed by atoms with E-state index in [1.165, 1.54) is 7.05 Å². The van der Waals surface area contributed by atoms with Gasteiger partial charge in [0.25, 0.3) is 0 Å². The second-order valence-corrected chi connectivity index (χ2v) is 6.05. The van der Waals surface area contributed by atoms with Gasteiger partial charge in [0.15, 0.2) is 5.96 Å². The standard InChI is InChI=1S/C15H21ClF3N3/c1-14(2,11-5-4-6-12(16)9-11)10-22-13(20-3)21-8-7-15(17,18)19/h4-6,9H,7-8,10H2,1-3H3,(H2,20,21,22). The molecule has 0 fully saturated rings. The van der Waals surface area contributed by atoms with Crippen molar-refractivity contribution in [2.75, 3.05) is 20.1 Å². The van der Waals surface area contributed by atoms with Gasteiger partial charge in [0.2, 0.25) is 0 Å². The Morgan fingerprint density at radius 1 is 1.23 bits per heavy atom. The molecule has 1 aromatic carbocycles. The molecule has 1 aromatic rings. The molecule has 7 heteroatoms. The fraction of sp³-hybridized carbons (Fsp3) is 0.533. The minimum absolute atomic E-state index is 0.208. The van der Waals surface area contributed by atoms with Crippen molar-refractivity contribution in [1.82, 2.24) is 10.6 Å². The molecule has 0 radical (unpaired) electrons. The second-order valence-electron chi connectivity index (χ2n) is 5.61. The van der Waals surface area contributed by atoms with Crippen molar-refractivity contribution < 1.29 is 13.2 Å². The zero-order valence-electron chi connectivity index (χ0n) is 12.9. The van der Waals surface area contributed by atoms with Gasteiger partial charge < -0.3 is 10.6 Å². The zero-order valence-corrected chi connectivity index (χ0v) is 13.6. The van der Waals surface area contributed by atoms with Crippen molar-refractivity contribution >= 4 is 17.6 Å². The van der Waals surface area contributed by atoms with Gasteiger partial charge in [-0.2, -0.15) is 13.2 Å². The van der Waals surface area contributed by atoms with E-state index < -0.39 is 12.6 Å². The Labute approximate surface area is 134 Å². The van der Waals surface area contributed by atoms with Gasteiger partial charge in [-0.15, -0.1) is 0 Å². The first-order chi connectivity index (χ1) is 10.1. The number of guanidine groups is 1. The Balaban J connectivity index is 2.55. The summed E-state index contributed by atoms with van der Waals surface area (Å²) in [4.78, 5) is 3.92. The number of rotatable bonds is 5. The zero-order chi connectivity index (χ0) is 16.8. The number of nitrogens with zero attached hydrogens (tertiary/aromatic N) is 1. The molecule has 0 aromatic heterocycles. The second kappa shape index (κ2) is 7.72. The van der Waals surface area contributed by atoms with E-state index in [1.54, 1.807) is 6.07 Å². The number of halogens is 4. The predicted octanol–water partition coefficient (Wildman–Crippen LogP) is 3.74. The highest BCUT2D eigenvalue weighted by atomic mass is 35.5. The molecular formula is C15H21ClF3N3. The van der Waals surface area contributed by atoms with Crippen LogP contribution in [0.15, 0.2) is 29.3 Å². The highest BCUT2D eigenvalue weighted by Gasteiger charge is 2.26. The quantitative estimate of drug-likeness (QED) is 0.635. The molecule has 0 saturated heterocycles. The molecule has 0 unspecified atom stereocenters. The third kappa shape index (κ3) is 6.56. The lowest BCUT2D eigenvalue weighted by atomic mass is 9.84. The smallest absolute Gasteiger partial charge is 0.356 e. The average Bonchev–Trinajstić information content (AvgIpc) is 2.41. The van der Waals surface area contributed by atoms with Gasteiger partial charge >= 0.3 is 6.18 Å². The summed E-state index contributed by atoms with van der Waals surface area (Å²) >= 11 is 5.99. The van der Waals surface area contributed by atoms with Crippen LogP contribution in [0.3, 0.4) is 0 Å². The molecule has 0 saturated carbocycles. The Morgan fingerprint density at radius 2 is 1.91 bits per heavy atom. The third-order valence-corrected chi connectivity index (χ3v) is 3.46. The fourth-order valence-electron chi connectivity index (χ4n) is 1.86. The van der Waals surface area contributed by atoms with Crippen LogP contribution in [0.2, 0.25) is 5.02 Å². The molecule has 2 N–H and O–H groups in total. The molecule has 0 heterocycles. The van der Waals surface area contributed by atoms with Crippen LogP contribution < -0.4 is 10.6 Å². The van der Waals surface area contributed by atoms with Crippen LogP contribution in [0, 0.1) is 0 Å². The topological polar surface area (TPSA) is 36.4 Å². The molecule has 0 aliphatic rings. The summed E-state index contributed by atoms with van der Waals surface area (Å²) in [6.07, 6.45) is -5.07. The van der Waals surface area contributed by atoms with Crippen LogP contribution in [-0.2, 0) is 5.41 Å². The summed E-state index contributed by atoms with van der Waals surface area (Å²) < 4.78 is 36.4. The van der Waals surface area contributed by atoms with Crippen LogP contribution in [0.5, 0.6) is 0 Å². The van der Waals surface area contributed by atoms with E-state index in [1.807, 2.05) is 32.0 Å². The van der Waals surface area contributed by atoms with E-state index in [0.29, 0.717) is 17.5 Å². The van der Waals surface area contributed by atoms with Gasteiger partial charge in [-0.05, 0) is 17.7 Å². The molecule has 0 atom stereocenters. The Morgan fingerprint density at radius 3 is 2.45 bits per heavy atom. The molecule has 1 rings (SSSR count). The molecule has 0 aliphatic heterocycles. The molecule has 124 valence electrons. The van der Waals surface area contributed by atoms with Crippen molar-refractivity contribution in [2.24, 2.45) is 4.99 Å². The van der Waals surface area contributed by atoms with Crippen molar-refractivity contribution in [1.29, 1.82) is 0 Å². The third-order valence-electron chi connectivity index (χ3n) is 3.23. The average molecular weight is 336 g/mol.